The lowest BCUT2D eigenvalue weighted by Crippen LogP contribution is -2.54. The Kier molecular flexibility index (Phi) is 9.76. The van der Waals surface area contributed by atoms with Crippen LogP contribution in [0.3, 0.4) is 0 Å². The summed E-state index contributed by atoms with van der Waals surface area (Å²) in [5.41, 5.74) is 0. The van der Waals surface area contributed by atoms with Gasteiger partial charge in [0.1, 0.15) is 0 Å². The fraction of sp³-hybridized carbons (Fsp3) is 0.947. The third-order valence-electron chi connectivity index (χ3n) is 5.35. The van der Waals surface area contributed by atoms with Gasteiger partial charge in [-0.15, -0.1) is 0 Å². The first-order valence-corrected chi connectivity index (χ1v) is 10.0. The Bertz CT molecular complexity index is 364. The number of nitrogens with one attached hydrogen (secondary N) is 1. The molecule has 2 rings (SSSR count). The first-order chi connectivity index (χ1) is 12.3. The summed E-state index contributed by atoms with van der Waals surface area (Å²) in [6, 6.07) is -0.0320. The molecular formula is C19H36N2O4. The third-order valence-corrected chi connectivity index (χ3v) is 5.35. The first-order valence-electron chi connectivity index (χ1n) is 10.0. The van der Waals surface area contributed by atoms with E-state index in [4.69, 9.17) is 14.2 Å². The number of nitrogens with zero attached hydrogens (tertiary/aromatic N) is 1. The molecule has 1 amide bonds. The maximum Gasteiger partial charge on any atom is 0.237 e. The highest BCUT2D eigenvalue weighted by atomic mass is 16.5. The van der Waals surface area contributed by atoms with E-state index in [0.717, 1.165) is 71.8 Å². The van der Waals surface area contributed by atoms with Crippen molar-refractivity contribution in [2.45, 2.75) is 45.6 Å². The molecule has 25 heavy (non-hydrogen) atoms. The molecule has 1 N–H and O–H groups in total. The second-order valence-corrected chi connectivity index (χ2v) is 7.12. The van der Waals surface area contributed by atoms with Crippen LogP contribution in [0, 0.1) is 11.8 Å². The summed E-state index contributed by atoms with van der Waals surface area (Å²) in [6.07, 6.45) is 4.02. The zero-order chi connectivity index (χ0) is 17.9. The monoisotopic (exact) mass is 356 g/mol. The molecule has 0 unspecified atom stereocenters. The van der Waals surface area contributed by atoms with Crippen LogP contribution in [0.25, 0.3) is 0 Å². The lowest BCUT2D eigenvalue weighted by atomic mass is 9.91. The largest absolute Gasteiger partial charge is 0.381 e. The second kappa shape index (κ2) is 11.8. The normalized spacial score (nSPS) is 23.1. The predicted octanol–water partition coefficient (Wildman–Crippen LogP) is 1.68. The van der Waals surface area contributed by atoms with Gasteiger partial charge in [0.25, 0.3) is 0 Å². The first kappa shape index (κ1) is 20.6. The molecule has 2 fully saturated rings. The van der Waals surface area contributed by atoms with E-state index in [1.165, 1.54) is 0 Å². The highest BCUT2D eigenvalue weighted by Gasteiger charge is 2.32. The van der Waals surface area contributed by atoms with Gasteiger partial charge in [-0.25, -0.2) is 0 Å². The number of amides is 1. The summed E-state index contributed by atoms with van der Waals surface area (Å²) in [7, 11) is 0. The van der Waals surface area contributed by atoms with Crippen molar-refractivity contribution >= 4 is 5.91 Å². The van der Waals surface area contributed by atoms with E-state index in [0.29, 0.717) is 25.0 Å². The van der Waals surface area contributed by atoms with Crippen molar-refractivity contribution in [3.05, 3.63) is 0 Å². The fourth-order valence-electron chi connectivity index (χ4n) is 3.72. The molecule has 0 spiro atoms. The van der Waals surface area contributed by atoms with Gasteiger partial charge >= 0.3 is 0 Å². The van der Waals surface area contributed by atoms with Crippen molar-refractivity contribution in [2.75, 3.05) is 59.3 Å². The Balaban J connectivity index is 1.68. The molecule has 2 aliphatic rings. The molecule has 2 heterocycles. The van der Waals surface area contributed by atoms with Crippen LogP contribution in [0.4, 0.5) is 0 Å². The Morgan fingerprint density at radius 3 is 2.60 bits per heavy atom. The Morgan fingerprint density at radius 2 is 1.96 bits per heavy atom. The zero-order valence-electron chi connectivity index (χ0n) is 16.0. The number of ether oxygens (including phenoxy) is 3. The topological polar surface area (TPSA) is 60.0 Å². The molecule has 2 atom stereocenters. The highest BCUT2D eigenvalue weighted by molar-refractivity contribution is 5.82. The molecule has 0 aliphatic carbocycles. The van der Waals surface area contributed by atoms with Gasteiger partial charge in [-0.3, -0.25) is 9.69 Å². The van der Waals surface area contributed by atoms with Gasteiger partial charge in [0, 0.05) is 38.8 Å². The van der Waals surface area contributed by atoms with Crippen LogP contribution in [0.2, 0.25) is 0 Å². The summed E-state index contributed by atoms with van der Waals surface area (Å²) in [5, 5.41) is 3.13. The van der Waals surface area contributed by atoms with Crippen LogP contribution in [0.15, 0.2) is 0 Å². The van der Waals surface area contributed by atoms with Gasteiger partial charge in [-0.1, -0.05) is 26.7 Å². The predicted molar refractivity (Wildman–Crippen MR) is 97.6 cm³/mol. The molecule has 0 aromatic rings. The fourth-order valence-corrected chi connectivity index (χ4v) is 3.72. The molecule has 0 aromatic carbocycles. The Labute approximate surface area is 152 Å². The van der Waals surface area contributed by atoms with Crippen LogP contribution < -0.4 is 5.32 Å². The van der Waals surface area contributed by atoms with Crippen molar-refractivity contribution in [3.63, 3.8) is 0 Å². The Hall–Kier alpha value is -0.690. The van der Waals surface area contributed by atoms with Crippen molar-refractivity contribution < 1.29 is 19.0 Å². The SMILES string of the molecule is CCC(CC)[C@@H](C(=O)NCCCOC[C@@H]1CCOC1)N1CCOCC1. The van der Waals surface area contributed by atoms with Gasteiger partial charge in [0.15, 0.2) is 0 Å². The van der Waals surface area contributed by atoms with E-state index in [2.05, 4.69) is 24.1 Å². The van der Waals surface area contributed by atoms with E-state index in [1.807, 2.05) is 0 Å². The second-order valence-electron chi connectivity index (χ2n) is 7.12. The van der Waals surface area contributed by atoms with E-state index in [1.54, 1.807) is 0 Å². The number of carbonyl (C=O) groups excluding carboxylic acids is 1. The molecule has 0 aromatic heterocycles. The number of morpholine rings is 1. The number of hydrogen-bond acceptors (Lipinski definition) is 5. The zero-order valence-corrected chi connectivity index (χ0v) is 16.0. The summed E-state index contributed by atoms with van der Waals surface area (Å²) in [4.78, 5) is 15.1. The number of hydrogen-bond donors (Lipinski definition) is 1. The summed E-state index contributed by atoms with van der Waals surface area (Å²) >= 11 is 0. The van der Waals surface area contributed by atoms with E-state index in [-0.39, 0.29) is 11.9 Å². The van der Waals surface area contributed by atoms with Crippen LogP contribution in [0.5, 0.6) is 0 Å². The molecule has 0 bridgehead atoms. The number of carbonyl (C=O) groups is 1. The third kappa shape index (κ3) is 6.85. The molecule has 0 radical (unpaired) electrons. The van der Waals surface area contributed by atoms with Gasteiger partial charge in [0.05, 0.1) is 32.5 Å². The molecule has 146 valence electrons. The summed E-state index contributed by atoms with van der Waals surface area (Å²) < 4.78 is 16.5. The van der Waals surface area contributed by atoms with Crippen LogP contribution in [-0.4, -0.2) is 76.1 Å². The van der Waals surface area contributed by atoms with Gasteiger partial charge in [-0.05, 0) is 18.8 Å². The highest BCUT2D eigenvalue weighted by Crippen LogP contribution is 2.20. The van der Waals surface area contributed by atoms with Crippen LogP contribution in [0.1, 0.15) is 39.5 Å². The smallest absolute Gasteiger partial charge is 0.237 e. The average Bonchev–Trinajstić information content (AvgIpc) is 3.16. The molecule has 2 aliphatic heterocycles. The minimum Gasteiger partial charge on any atom is -0.381 e. The maximum absolute atomic E-state index is 12.8. The van der Waals surface area contributed by atoms with Gasteiger partial charge in [-0.2, -0.15) is 0 Å². The standard InChI is InChI=1S/C19H36N2O4/c1-3-17(4-2)18(21-8-12-23-13-9-21)19(22)20-7-5-10-24-14-16-6-11-25-15-16/h16-18H,3-15H2,1-2H3,(H,20,22)/t16-,18-/m0/s1. The minimum absolute atomic E-state index is 0.0320. The average molecular weight is 357 g/mol. The maximum atomic E-state index is 12.8. The minimum atomic E-state index is -0.0320. The molecule has 0 saturated carbocycles. The van der Waals surface area contributed by atoms with Gasteiger partial charge < -0.3 is 19.5 Å². The van der Waals surface area contributed by atoms with Crippen molar-refractivity contribution in [1.29, 1.82) is 0 Å². The quantitative estimate of drug-likeness (QED) is 0.571. The summed E-state index contributed by atoms with van der Waals surface area (Å²) in [5.74, 6) is 1.12. The Morgan fingerprint density at radius 1 is 1.20 bits per heavy atom. The van der Waals surface area contributed by atoms with Crippen LogP contribution >= 0.6 is 0 Å². The van der Waals surface area contributed by atoms with E-state index in [9.17, 15) is 4.79 Å². The van der Waals surface area contributed by atoms with Crippen molar-refractivity contribution in [1.82, 2.24) is 10.2 Å². The lowest BCUT2D eigenvalue weighted by Gasteiger charge is -2.37. The van der Waals surface area contributed by atoms with E-state index < -0.39 is 0 Å². The molecular weight excluding hydrogens is 320 g/mol. The lowest BCUT2D eigenvalue weighted by molar-refractivity contribution is -0.130. The van der Waals surface area contributed by atoms with Crippen molar-refractivity contribution in [3.8, 4) is 0 Å². The van der Waals surface area contributed by atoms with Gasteiger partial charge in [0.2, 0.25) is 5.91 Å². The summed E-state index contributed by atoms with van der Waals surface area (Å²) in [6.45, 7) is 11.3. The number of rotatable bonds is 11. The molecule has 2 saturated heterocycles. The van der Waals surface area contributed by atoms with Crippen LogP contribution in [-0.2, 0) is 19.0 Å². The van der Waals surface area contributed by atoms with E-state index >= 15 is 0 Å². The van der Waals surface area contributed by atoms with Crippen molar-refractivity contribution in [2.24, 2.45) is 11.8 Å². The molecule has 6 nitrogen and oxygen atoms in total. The molecule has 6 heteroatoms.